The van der Waals surface area contributed by atoms with Gasteiger partial charge >= 0.3 is 0 Å². The van der Waals surface area contributed by atoms with E-state index in [0.29, 0.717) is 12.0 Å². The summed E-state index contributed by atoms with van der Waals surface area (Å²) in [4.78, 5) is 11.8. The van der Waals surface area contributed by atoms with Crippen molar-refractivity contribution < 1.29 is 23.1 Å². The molecule has 2 unspecified atom stereocenters. The van der Waals surface area contributed by atoms with Crippen molar-refractivity contribution in [3.05, 3.63) is 52.5 Å². The molecule has 1 aromatic carbocycles. The third-order valence-corrected chi connectivity index (χ3v) is 6.59. The summed E-state index contributed by atoms with van der Waals surface area (Å²) in [5.41, 5.74) is 10.7. The monoisotopic (exact) mass is 492 g/mol. The van der Waals surface area contributed by atoms with Crippen molar-refractivity contribution in [2.75, 3.05) is 5.73 Å². The van der Waals surface area contributed by atoms with Gasteiger partial charge in [-0.15, -0.1) is 0 Å². The molecule has 0 spiro atoms. The highest BCUT2D eigenvalue weighted by Crippen LogP contribution is 2.40. The molecule has 194 valence electrons. The number of anilines is 1. The molecule has 0 bridgehead atoms. The lowest BCUT2D eigenvalue weighted by molar-refractivity contribution is -0.111. The van der Waals surface area contributed by atoms with E-state index in [4.69, 9.17) is 11.5 Å². The zero-order valence-corrected chi connectivity index (χ0v) is 21.1. The van der Waals surface area contributed by atoms with E-state index in [1.54, 1.807) is 6.08 Å². The van der Waals surface area contributed by atoms with Gasteiger partial charge in [-0.3, -0.25) is 4.79 Å². The van der Waals surface area contributed by atoms with Gasteiger partial charge in [0.2, 0.25) is 0 Å². The maximum Gasteiger partial charge on any atom is 0.160 e. The molecular formula is C28H39F3N2O2. The number of rotatable bonds is 7. The lowest BCUT2D eigenvalue weighted by atomic mass is 9.85. The number of hydrogen-bond donors (Lipinski definition) is 3. The van der Waals surface area contributed by atoms with E-state index in [1.807, 2.05) is 6.92 Å². The SMILES string of the molecule is CCC/C=C(/C(C)=O)c1ccc(C2=C(F)CCC(N)=C2F)c(F)c1N.CCCC1CCCC(O)C1. The van der Waals surface area contributed by atoms with E-state index in [0.717, 1.165) is 25.2 Å². The number of allylic oxidation sites excluding steroid dienone is 6. The topological polar surface area (TPSA) is 89.3 Å². The Labute approximate surface area is 207 Å². The van der Waals surface area contributed by atoms with Crippen LogP contribution in [0.1, 0.15) is 96.1 Å². The van der Waals surface area contributed by atoms with E-state index in [1.165, 1.54) is 44.7 Å². The molecule has 0 radical (unpaired) electrons. The fourth-order valence-corrected chi connectivity index (χ4v) is 4.71. The predicted octanol–water partition coefficient (Wildman–Crippen LogP) is 7.13. The molecule has 0 saturated heterocycles. The number of aliphatic hydroxyl groups excluding tert-OH is 1. The summed E-state index contributed by atoms with van der Waals surface area (Å²) in [5, 5.41) is 9.31. The van der Waals surface area contributed by atoms with Gasteiger partial charge in [-0.25, -0.2) is 13.2 Å². The molecule has 1 saturated carbocycles. The van der Waals surface area contributed by atoms with Crippen molar-refractivity contribution >= 4 is 22.6 Å². The van der Waals surface area contributed by atoms with Crippen molar-refractivity contribution in [1.29, 1.82) is 0 Å². The first-order chi connectivity index (χ1) is 16.6. The van der Waals surface area contributed by atoms with Crippen LogP contribution in [0.15, 0.2) is 35.6 Å². The number of nitrogen functional groups attached to an aromatic ring is 1. The van der Waals surface area contributed by atoms with E-state index >= 15 is 0 Å². The minimum Gasteiger partial charge on any atom is -0.400 e. The second-order valence-corrected chi connectivity index (χ2v) is 9.45. The van der Waals surface area contributed by atoms with Gasteiger partial charge in [0.05, 0.1) is 17.4 Å². The van der Waals surface area contributed by atoms with Gasteiger partial charge in [0, 0.05) is 28.8 Å². The first-order valence-electron chi connectivity index (χ1n) is 12.6. The number of carbonyl (C=O) groups is 1. The summed E-state index contributed by atoms with van der Waals surface area (Å²) in [7, 11) is 0. The zero-order valence-electron chi connectivity index (χ0n) is 21.1. The Morgan fingerprint density at radius 1 is 1.11 bits per heavy atom. The zero-order chi connectivity index (χ0) is 26.1. The lowest BCUT2D eigenvalue weighted by Gasteiger charge is -2.25. The highest BCUT2D eigenvalue weighted by atomic mass is 19.1. The van der Waals surface area contributed by atoms with Crippen LogP contribution in [0.2, 0.25) is 0 Å². The Kier molecular flexibility index (Phi) is 11.1. The molecule has 0 amide bonds. The van der Waals surface area contributed by atoms with Crippen LogP contribution in [-0.4, -0.2) is 17.0 Å². The van der Waals surface area contributed by atoms with Crippen molar-refractivity contribution in [2.45, 2.75) is 91.1 Å². The number of ketones is 1. The second kappa shape index (κ2) is 13.5. The first-order valence-corrected chi connectivity index (χ1v) is 12.6. The average Bonchev–Trinajstić information content (AvgIpc) is 2.81. The fourth-order valence-electron chi connectivity index (χ4n) is 4.71. The number of unbranched alkanes of at least 4 members (excludes halogenated alkanes) is 1. The molecule has 0 heterocycles. The minimum atomic E-state index is -0.969. The van der Waals surface area contributed by atoms with Crippen LogP contribution in [0.25, 0.3) is 11.1 Å². The molecule has 3 rings (SSSR count). The average molecular weight is 493 g/mol. The Hall–Kier alpha value is -2.54. The van der Waals surface area contributed by atoms with Gasteiger partial charge in [-0.2, -0.15) is 0 Å². The predicted molar refractivity (Wildman–Crippen MR) is 137 cm³/mol. The van der Waals surface area contributed by atoms with E-state index in [9.17, 15) is 23.1 Å². The Morgan fingerprint density at radius 2 is 1.83 bits per heavy atom. The van der Waals surface area contributed by atoms with Gasteiger partial charge < -0.3 is 16.6 Å². The maximum absolute atomic E-state index is 14.8. The second-order valence-electron chi connectivity index (χ2n) is 9.45. The van der Waals surface area contributed by atoms with E-state index in [2.05, 4.69) is 6.92 Å². The Bertz CT molecular complexity index is 996. The molecular weight excluding hydrogens is 453 g/mol. The molecule has 7 heteroatoms. The lowest BCUT2D eigenvalue weighted by Crippen LogP contribution is -2.19. The highest BCUT2D eigenvalue weighted by Gasteiger charge is 2.27. The molecule has 1 aromatic rings. The van der Waals surface area contributed by atoms with Crippen LogP contribution in [0, 0.1) is 11.7 Å². The summed E-state index contributed by atoms with van der Waals surface area (Å²) >= 11 is 0. The maximum atomic E-state index is 14.8. The Balaban J connectivity index is 0.000000360. The quantitative estimate of drug-likeness (QED) is 0.279. The van der Waals surface area contributed by atoms with Gasteiger partial charge in [0.15, 0.2) is 17.4 Å². The fraction of sp³-hybridized carbons (Fsp3) is 0.536. The van der Waals surface area contributed by atoms with Crippen molar-refractivity contribution in [2.24, 2.45) is 11.7 Å². The number of Topliss-reactive ketones (excluding diaryl/α,β-unsaturated/α-hetero) is 1. The molecule has 1 fully saturated rings. The molecule has 0 aliphatic heterocycles. The Morgan fingerprint density at radius 3 is 2.43 bits per heavy atom. The molecule has 5 N–H and O–H groups in total. The first kappa shape index (κ1) is 28.7. The normalized spacial score (nSPS) is 21.1. The van der Waals surface area contributed by atoms with Crippen molar-refractivity contribution in [3.8, 4) is 0 Å². The minimum absolute atomic E-state index is 0.0188. The highest BCUT2D eigenvalue weighted by molar-refractivity contribution is 6.21. The number of halogens is 3. The van der Waals surface area contributed by atoms with Crippen LogP contribution >= 0.6 is 0 Å². The number of benzene rings is 1. The van der Waals surface area contributed by atoms with Crippen molar-refractivity contribution in [1.82, 2.24) is 0 Å². The summed E-state index contributed by atoms with van der Waals surface area (Å²) in [5.74, 6) is -2.13. The summed E-state index contributed by atoms with van der Waals surface area (Å²) < 4.78 is 43.1. The van der Waals surface area contributed by atoms with E-state index < -0.39 is 23.0 Å². The van der Waals surface area contributed by atoms with Crippen LogP contribution in [0.4, 0.5) is 18.9 Å². The van der Waals surface area contributed by atoms with E-state index in [-0.39, 0.29) is 47.2 Å². The van der Waals surface area contributed by atoms with Crippen LogP contribution in [-0.2, 0) is 4.79 Å². The standard InChI is InChI=1S/C19H21F3N2O.C9H18O/c1-3-4-5-11(10(2)25)12-6-7-13(17(21)19(12)24)16-14(20)8-9-15(23)18(16)22;1-2-4-8-5-3-6-9(10)7-8/h5-7H,3-4,8-9,23-24H2,1-2H3;8-10H,2-7H2,1H3/b11-5-;. The third-order valence-electron chi connectivity index (χ3n) is 6.59. The molecule has 35 heavy (non-hydrogen) atoms. The summed E-state index contributed by atoms with van der Waals surface area (Å²) in [6.07, 6.45) is 10.4. The third kappa shape index (κ3) is 7.47. The summed E-state index contributed by atoms with van der Waals surface area (Å²) in [6, 6.07) is 2.64. The van der Waals surface area contributed by atoms with Crippen LogP contribution < -0.4 is 11.5 Å². The summed E-state index contributed by atoms with van der Waals surface area (Å²) in [6.45, 7) is 5.53. The number of carbonyl (C=O) groups excluding carboxylic acids is 1. The molecule has 2 aliphatic rings. The van der Waals surface area contributed by atoms with Crippen LogP contribution in [0.3, 0.4) is 0 Å². The van der Waals surface area contributed by atoms with Gasteiger partial charge in [0.25, 0.3) is 0 Å². The number of hydrogen-bond acceptors (Lipinski definition) is 4. The van der Waals surface area contributed by atoms with Gasteiger partial charge in [0.1, 0.15) is 5.83 Å². The van der Waals surface area contributed by atoms with Crippen molar-refractivity contribution in [3.63, 3.8) is 0 Å². The van der Waals surface area contributed by atoms with Gasteiger partial charge in [-0.05, 0) is 38.5 Å². The van der Waals surface area contributed by atoms with Gasteiger partial charge in [-0.1, -0.05) is 64.2 Å². The molecule has 2 atom stereocenters. The smallest absolute Gasteiger partial charge is 0.160 e. The largest absolute Gasteiger partial charge is 0.400 e. The molecule has 2 aliphatic carbocycles. The molecule has 4 nitrogen and oxygen atoms in total. The molecule has 0 aromatic heterocycles. The van der Waals surface area contributed by atoms with Crippen LogP contribution in [0.5, 0.6) is 0 Å². The number of aliphatic hydroxyl groups is 1. The number of nitrogens with two attached hydrogens (primary N) is 2.